The molecule has 0 unspecified atom stereocenters. The van der Waals surface area contributed by atoms with Gasteiger partial charge in [0.2, 0.25) is 0 Å². The maximum atomic E-state index is 13.6. The first-order chi connectivity index (χ1) is 33.2. The Bertz CT molecular complexity index is 2690. The molecule has 2 aliphatic carbocycles. The number of amides is 4. The van der Waals surface area contributed by atoms with E-state index in [1.165, 1.54) is 0 Å². The standard InChI is InChI=1S/C26H37N5O4.C26H35N5O4/c2*1-17(2)19-14-20(18-6-12-35-13-7-18)28-31-15-21(27-22(19)31)23(32)30-11-10-29(16-25(30,3)4)24(33)26(34)8-5-9-26/h14-15,17-18,34H,5-13,16H2,1-4H3;6,14-15,17,34H,5,7-13,16H2,1-4H3. The molecule has 0 bridgehead atoms. The average Bonchev–Trinajstić information content (AvgIpc) is 3.96. The molecule has 0 radical (unpaired) electrons. The molecule has 6 aliphatic rings. The average molecular weight is 965 g/mol. The van der Waals surface area contributed by atoms with E-state index in [4.69, 9.17) is 29.6 Å². The molecule has 70 heavy (non-hydrogen) atoms. The van der Waals surface area contributed by atoms with Crippen LogP contribution in [0.15, 0.2) is 30.6 Å². The first kappa shape index (κ1) is 49.7. The van der Waals surface area contributed by atoms with E-state index in [9.17, 15) is 29.4 Å². The highest BCUT2D eigenvalue weighted by molar-refractivity contribution is 5.95. The molecule has 4 aliphatic heterocycles. The van der Waals surface area contributed by atoms with Crippen molar-refractivity contribution in [2.24, 2.45) is 0 Å². The van der Waals surface area contributed by atoms with Gasteiger partial charge < -0.3 is 39.3 Å². The van der Waals surface area contributed by atoms with Crippen molar-refractivity contribution < 1.29 is 38.9 Å². The summed E-state index contributed by atoms with van der Waals surface area (Å²) in [4.78, 5) is 69.5. The SMILES string of the molecule is CC(C)c1cc(C2=CCOCC2)nn2cc(C(=O)N3CCN(C(=O)C4(O)CCC4)CC3(C)C)nc12.CC(C)c1cc(C2CCOCC2)nn2cc(C(=O)N3CCN(C(=O)C4(O)CCC4)CC3(C)C)nc12. The maximum absolute atomic E-state index is 13.6. The fraction of sp³-hybridized carbons (Fsp3) is 0.654. The Morgan fingerprint density at radius 2 is 1.14 bits per heavy atom. The molecule has 0 aromatic carbocycles. The summed E-state index contributed by atoms with van der Waals surface area (Å²) >= 11 is 0. The fourth-order valence-corrected chi connectivity index (χ4v) is 10.9. The molecule has 8 heterocycles. The lowest BCUT2D eigenvalue weighted by molar-refractivity contribution is -0.164. The fourth-order valence-electron chi connectivity index (χ4n) is 10.9. The van der Waals surface area contributed by atoms with Crippen molar-refractivity contribution >= 4 is 40.5 Å². The van der Waals surface area contributed by atoms with E-state index in [0.717, 1.165) is 79.1 Å². The third-order valence-corrected chi connectivity index (χ3v) is 15.6. The van der Waals surface area contributed by atoms with Crippen molar-refractivity contribution in [3.8, 4) is 0 Å². The van der Waals surface area contributed by atoms with Crippen LogP contribution in [-0.2, 0) is 19.1 Å². The number of rotatable bonds is 8. The van der Waals surface area contributed by atoms with Gasteiger partial charge in [-0.1, -0.05) is 33.8 Å². The first-order valence-corrected chi connectivity index (χ1v) is 25.5. The minimum atomic E-state index is -1.22. The topological polar surface area (TPSA) is 201 Å². The molecule has 18 nitrogen and oxygen atoms in total. The third kappa shape index (κ3) is 9.48. The number of hydrogen-bond acceptors (Lipinski definition) is 12. The summed E-state index contributed by atoms with van der Waals surface area (Å²) in [5.41, 5.74) is 3.73. The summed E-state index contributed by atoms with van der Waals surface area (Å²) in [7, 11) is 0. The number of fused-ring (bicyclic) bond motifs is 2. The Balaban J connectivity index is 0.000000174. The summed E-state index contributed by atoms with van der Waals surface area (Å²) in [6.45, 7) is 21.5. The van der Waals surface area contributed by atoms with Gasteiger partial charge in [-0.15, -0.1) is 0 Å². The molecule has 18 heteroatoms. The Labute approximate surface area is 410 Å². The summed E-state index contributed by atoms with van der Waals surface area (Å²) in [5.74, 6) is 0.0672. The minimum Gasteiger partial charge on any atom is -0.381 e. The van der Waals surface area contributed by atoms with Crippen molar-refractivity contribution in [2.45, 2.75) is 153 Å². The van der Waals surface area contributed by atoms with Crippen molar-refractivity contribution in [3.63, 3.8) is 0 Å². The lowest BCUT2D eigenvalue weighted by Gasteiger charge is -2.49. The zero-order chi connectivity index (χ0) is 49.9. The number of hydrogen-bond donors (Lipinski definition) is 2. The van der Waals surface area contributed by atoms with E-state index in [1.807, 2.05) is 27.7 Å². The Morgan fingerprint density at radius 1 is 0.657 bits per heavy atom. The highest BCUT2D eigenvalue weighted by Crippen LogP contribution is 2.37. The van der Waals surface area contributed by atoms with Crippen LogP contribution >= 0.6 is 0 Å². The minimum absolute atomic E-state index is 0.155. The number of nitrogens with zero attached hydrogens (tertiary/aromatic N) is 10. The number of piperazine rings is 2. The van der Waals surface area contributed by atoms with Crippen LogP contribution in [0.5, 0.6) is 0 Å². The normalized spacial score (nSPS) is 22.1. The number of aliphatic hydroxyl groups is 2. The molecule has 10 rings (SSSR count). The smallest absolute Gasteiger partial charge is 0.274 e. The lowest BCUT2D eigenvalue weighted by atomic mass is 9.78. The number of aromatic nitrogens is 6. The van der Waals surface area contributed by atoms with Gasteiger partial charge in [0.25, 0.3) is 23.6 Å². The Hall–Kier alpha value is -5.30. The van der Waals surface area contributed by atoms with E-state index in [-0.39, 0.29) is 35.5 Å². The third-order valence-electron chi connectivity index (χ3n) is 15.6. The zero-order valence-electron chi connectivity index (χ0n) is 42.4. The molecule has 378 valence electrons. The summed E-state index contributed by atoms with van der Waals surface area (Å²) in [5, 5.41) is 30.7. The van der Waals surface area contributed by atoms with Crippen LogP contribution in [0.2, 0.25) is 0 Å². The number of ether oxygens (including phenoxy) is 2. The van der Waals surface area contributed by atoms with Crippen LogP contribution in [0, 0.1) is 0 Å². The van der Waals surface area contributed by atoms with Gasteiger partial charge in [-0.25, -0.2) is 19.0 Å². The molecule has 3 saturated heterocycles. The number of imidazole rings is 2. The van der Waals surface area contributed by atoms with E-state index >= 15 is 0 Å². The van der Waals surface area contributed by atoms with Gasteiger partial charge in [0.05, 0.1) is 48.1 Å². The maximum Gasteiger partial charge on any atom is 0.274 e. The van der Waals surface area contributed by atoms with Gasteiger partial charge in [-0.05, 0) is 115 Å². The lowest BCUT2D eigenvalue weighted by Crippen LogP contribution is -2.65. The summed E-state index contributed by atoms with van der Waals surface area (Å²) in [6.07, 6.45) is 12.1. The second-order valence-electron chi connectivity index (χ2n) is 22.3. The molecule has 2 saturated carbocycles. The Kier molecular flexibility index (Phi) is 13.5. The number of carbonyl (C=O) groups is 4. The number of carbonyl (C=O) groups excluding carboxylic acids is 4. The summed E-state index contributed by atoms with van der Waals surface area (Å²) in [6, 6.07) is 4.23. The van der Waals surface area contributed by atoms with Crippen LogP contribution < -0.4 is 0 Å². The van der Waals surface area contributed by atoms with Crippen molar-refractivity contribution in [1.29, 1.82) is 0 Å². The molecule has 0 atom stereocenters. The monoisotopic (exact) mass is 965 g/mol. The van der Waals surface area contributed by atoms with Crippen molar-refractivity contribution in [1.82, 2.24) is 48.8 Å². The predicted molar refractivity (Wildman–Crippen MR) is 261 cm³/mol. The van der Waals surface area contributed by atoms with Gasteiger partial charge in [-0.2, -0.15) is 10.2 Å². The highest BCUT2D eigenvalue weighted by atomic mass is 16.5. The van der Waals surface area contributed by atoms with E-state index in [1.54, 1.807) is 41.0 Å². The molecule has 4 aromatic heterocycles. The van der Waals surface area contributed by atoms with Crippen LogP contribution in [-0.4, -0.2) is 171 Å². The van der Waals surface area contributed by atoms with Crippen LogP contribution in [0.4, 0.5) is 0 Å². The highest BCUT2D eigenvalue weighted by Gasteiger charge is 2.50. The first-order valence-electron chi connectivity index (χ1n) is 25.5. The second kappa shape index (κ2) is 19.0. The summed E-state index contributed by atoms with van der Waals surface area (Å²) < 4.78 is 14.5. The van der Waals surface area contributed by atoms with Crippen LogP contribution in [0.25, 0.3) is 16.9 Å². The van der Waals surface area contributed by atoms with E-state index in [0.29, 0.717) is 101 Å². The molecular formula is C52H72N10O8. The van der Waals surface area contributed by atoms with Crippen molar-refractivity contribution in [3.05, 3.63) is 64.5 Å². The van der Waals surface area contributed by atoms with Crippen molar-refractivity contribution in [2.75, 3.05) is 65.7 Å². The van der Waals surface area contributed by atoms with Gasteiger partial charge in [0, 0.05) is 69.5 Å². The van der Waals surface area contributed by atoms with Gasteiger partial charge >= 0.3 is 0 Å². The molecule has 5 fully saturated rings. The largest absolute Gasteiger partial charge is 0.381 e. The molecule has 2 N–H and O–H groups in total. The quantitative estimate of drug-likeness (QED) is 0.230. The van der Waals surface area contributed by atoms with E-state index < -0.39 is 22.3 Å². The van der Waals surface area contributed by atoms with Crippen LogP contribution in [0.1, 0.15) is 174 Å². The van der Waals surface area contributed by atoms with Crippen LogP contribution in [0.3, 0.4) is 0 Å². The predicted octanol–water partition coefficient (Wildman–Crippen LogP) is 5.36. The molecule has 4 amide bonds. The Morgan fingerprint density at radius 3 is 1.57 bits per heavy atom. The molecule has 4 aromatic rings. The van der Waals surface area contributed by atoms with E-state index in [2.05, 4.69) is 45.9 Å². The van der Waals surface area contributed by atoms with Gasteiger partial charge in [0.1, 0.15) is 22.6 Å². The molecular weight excluding hydrogens is 893 g/mol. The zero-order valence-corrected chi connectivity index (χ0v) is 42.4. The van der Waals surface area contributed by atoms with Gasteiger partial charge in [0.15, 0.2) is 11.3 Å². The van der Waals surface area contributed by atoms with Gasteiger partial charge in [-0.3, -0.25) is 19.2 Å². The molecule has 0 spiro atoms. The second-order valence-corrected chi connectivity index (χ2v) is 22.3.